The van der Waals surface area contributed by atoms with Gasteiger partial charge in [0, 0.05) is 30.7 Å². The third kappa shape index (κ3) is 5.87. The lowest BCUT2D eigenvalue weighted by molar-refractivity contribution is -0.138. The number of benzene rings is 1. The lowest BCUT2D eigenvalue weighted by Crippen LogP contribution is -2.48. The van der Waals surface area contributed by atoms with E-state index in [1.807, 2.05) is 13.8 Å². The first kappa shape index (κ1) is 21.1. The van der Waals surface area contributed by atoms with E-state index in [2.05, 4.69) is 10.6 Å². The highest BCUT2D eigenvalue weighted by molar-refractivity contribution is 5.89. The van der Waals surface area contributed by atoms with Gasteiger partial charge in [0.25, 0.3) is 0 Å². The van der Waals surface area contributed by atoms with Crippen molar-refractivity contribution in [1.29, 1.82) is 0 Å². The molecule has 1 heterocycles. The number of aryl methyl sites for hydroxylation is 1. The van der Waals surface area contributed by atoms with Gasteiger partial charge in [0.05, 0.1) is 5.56 Å². The Labute approximate surface area is 157 Å². The molecule has 1 aliphatic rings. The summed E-state index contributed by atoms with van der Waals surface area (Å²) in [6, 6.07) is 2.79. The predicted molar refractivity (Wildman–Crippen MR) is 97.4 cm³/mol. The van der Waals surface area contributed by atoms with Gasteiger partial charge in [-0.05, 0) is 49.9 Å². The summed E-state index contributed by atoms with van der Waals surface area (Å²) in [4.78, 5) is 26.1. The third-order valence-corrected chi connectivity index (χ3v) is 4.84. The summed E-state index contributed by atoms with van der Waals surface area (Å²) >= 11 is 0. The van der Waals surface area contributed by atoms with Crippen LogP contribution >= 0.6 is 0 Å². The van der Waals surface area contributed by atoms with E-state index in [0.29, 0.717) is 31.5 Å². The van der Waals surface area contributed by atoms with Crippen LogP contribution in [0.3, 0.4) is 0 Å². The van der Waals surface area contributed by atoms with Gasteiger partial charge in [0.2, 0.25) is 5.91 Å². The van der Waals surface area contributed by atoms with Crippen molar-refractivity contribution in [2.75, 3.05) is 18.4 Å². The van der Waals surface area contributed by atoms with Crippen molar-refractivity contribution in [3.8, 4) is 0 Å². The summed E-state index contributed by atoms with van der Waals surface area (Å²) in [5.41, 5.74) is -0.282. The molecule has 1 unspecified atom stereocenters. The van der Waals surface area contributed by atoms with Crippen LogP contribution in [0, 0.1) is 12.8 Å². The zero-order chi connectivity index (χ0) is 20.2. The maximum atomic E-state index is 12.9. The van der Waals surface area contributed by atoms with Crippen LogP contribution in [0.25, 0.3) is 0 Å². The summed E-state index contributed by atoms with van der Waals surface area (Å²) in [7, 11) is 0. The SMILES string of the molecule is CCC(C)C(=O)N1CCC(NC(=O)Nc2cc(C)cc(C(F)(F)F)c2)CC1. The minimum absolute atomic E-state index is 0.0121. The summed E-state index contributed by atoms with van der Waals surface area (Å²) in [6.07, 6.45) is -2.43. The number of halogens is 3. The Morgan fingerprint density at radius 3 is 2.41 bits per heavy atom. The number of nitrogens with zero attached hydrogens (tertiary/aromatic N) is 1. The Morgan fingerprint density at radius 2 is 1.85 bits per heavy atom. The minimum Gasteiger partial charge on any atom is -0.342 e. The van der Waals surface area contributed by atoms with E-state index in [1.54, 1.807) is 11.8 Å². The topological polar surface area (TPSA) is 61.4 Å². The number of piperidine rings is 1. The third-order valence-electron chi connectivity index (χ3n) is 4.84. The number of nitrogens with one attached hydrogen (secondary N) is 2. The first-order valence-electron chi connectivity index (χ1n) is 9.15. The fourth-order valence-electron chi connectivity index (χ4n) is 3.10. The minimum atomic E-state index is -4.46. The van der Waals surface area contributed by atoms with Gasteiger partial charge in [-0.3, -0.25) is 4.79 Å². The van der Waals surface area contributed by atoms with E-state index in [4.69, 9.17) is 0 Å². The molecule has 2 N–H and O–H groups in total. The van der Waals surface area contributed by atoms with Crippen molar-refractivity contribution in [2.24, 2.45) is 5.92 Å². The van der Waals surface area contributed by atoms with E-state index in [-0.39, 0.29) is 23.6 Å². The molecule has 5 nitrogen and oxygen atoms in total. The summed E-state index contributed by atoms with van der Waals surface area (Å²) in [5, 5.41) is 5.25. The van der Waals surface area contributed by atoms with Gasteiger partial charge < -0.3 is 15.5 Å². The molecule has 0 radical (unpaired) electrons. The van der Waals surface area contributed by atoms with Gasteiger partial charge in [-0.25, -0.2) is 4.79 Å². The largest absolute Gasteiger partial charge is 0.416 e. The molecule has 0 saturated carbocycles. The molecule has 150 valence electrons. The first-order chi connectivity index (χ1) is 12.6. The highest BCUT2D eigenvalue weighted by Crippen LogP contribution is 2.31. The molecule has 1 aliphatic heterocycles. The Bertz CT molecular complexity index is 683. The van der Waals surface area contributed by atoms with Crippen LogP contribution in [0.1, 0.15) is 44.2 Å². The van der Waals surface area contributed by atoms with Gasteiger partial charge in [0.1, 0.15) is 0 Å². The van der Waals surface area contributed by atoms with E-state index in [9.17, 15) is 22.8 Å². The molecular formula is C19H26F3N3O2. The van der Waals surface area contributed by atoms with E-state index in [0.717, 1.165) is 18.6 Å². The maximum Gasteiger partial charge on any atom is 0.416 e. The summed E-state index contributed by atoms with van der Waals surface area (Å²) in [5.74, 6) is 0.113. The fraction of sp³-hybridized carbons (Fsp3) is 0.579. The number of carbonyl (C=O) groups excluding carboxylic acids is 2. The summed E-state index contributed by atoms with van der Waals surface area (Å²) in [6.45, 7) is 6.55. The average Bonchev–Trinajstić information content (AvgIpc) is 2.59. The van der Waals surface area contributed by atoms with Gasteiger partial charge >= 0.3 is 12.2 Å². The van der Waals surface area contributed by atoms with Gasteiger partial charge in [-0.15, -0.1) is 0 Å². The molecule has 1 saturated heterocycles. The molecule has 1 aromatic carbocycles. The number of hydrogen-bond acceptors (Lipinski definition) is 2. The second-order valence-electron chi connectivity index (χ2n) is 7.09. The predicted octanol–water partition coefficient (Wildman–Crippen LogP) is 4.17. The second-order valence-corrected chi connectivity index (χ2v) is 7.09. The number of hydrogen-bond donors (Lipinski definition) is 2. The van der Waals surface area contributed by atoms with Crippen molar-refractivity contribution >= 4 is 17.6 Å². The Morgan fingerprint density at radius 1 is 1.22 bits per heavy atom. The average molecular weight is 385 g/mol. The van der Waals surface area contributed by atoms with Crippen LogP contribution in [0.2, 0.25) is 0 Å². The Hall–Kier alpha value is -2.25. The number of alkyl halides is 3. The van der Waals surface area contributed by atoms with Crippen molar-refractivity contribution in [3.05, 3.63) is 29.3 Å². The molecule has 27 heavy (non-hydrogen) atoms. The quantitative estimate of drug-likeness (QED) is 0.817. The first-order valence-corrected chi connectivity index (χ1v) is 9.15. The smallest absolute Gasteiger partial charge is 0.342 e. The van der Waals surface area contributed by atoms with Crippen LogP contribution in [0.15, 0.2) is 18.2 Å². The lowest BCUT2D eigenvalue weighted by Gasteiger charge is -2.33. The molecule has 0 aliphatic carbocycles. The van der Waals surface area contributed by atoms with Gasteiger partial charge in [-0.1, -0.05) is 13.8 Å². The molecule has 2 rings (SSSR count). The van der Waals surface area contributed by atoms with Crippen LogP contribution in [0.4, 0.5) is 23.7 Å². The zero-order valence-corrected chi connectivity index (χ0v) is 15.8. The number of likely N-dealkylation sites (tertiary alicyclic amines) is 1. The number of amides is 3. The van der Waals surface area contributed by atoms with Crippen molar-refractivity contribution in [1.82, 2.24) is 10.2 Å². The maximum absolute atomic E-state index is 12.9. The molecule has 8 heteroatoms. The Balaban J connectivity index is 1.89. The van der Waals surface area contributed by atoms with Crippen LogP contribution in [0.5, 0.6) is 0 Å². The fourth-order valence-corrected chi connectivity index (χ4v) is 3.10. The number of carbonyl (C=O) groups is 2. The monoisotopic (exact) mass is 385 g/mol. The molecule has 1 aromatic rings. The Kier molecular flexibility index (Phi) is 6.73. The number of rotatable bonds is 4. The normalized spacial score (nSPS) is 16.7. The highest BCUT2D eigenvalue weighted by atomic mass is 19.4. The van der Waals surface area contributed by atoms with Gasteiger partial charge in [0.15, 0.2) is 0 Å². The number of urea groups is 1. The molecule has 1 fully saturated rings. The molecular weight excluding hydrogens is 359 g/mol. The molecule has 0 spiro atoms. The van der Waals surface area contributed by atoms with E-state index in [1.165, 1.54) is 6.07 Å². The lowest BCUT2D eigenvalue weighted by atomic mass is 10.0. The van der Waals surface area contributed by atoms with Gasteiger partial charge in [-0.2, -0.15) is 13.2 Å². The number of anilines is 1. The van der Waals surface area contributed by atoms with Crippen LogP contribution < -0.4 is 10.6 Å². The van der Waals surface area contributed by atoms with Crippen molar-refractivity contribution < 1.29 is 22.8 Å². The van der Waals surface area contributed by atoms with Crippen molar-refractivity contribution in [2.45, 2.75) is 52.3 Å². The standard InChI is InChI=1S/C19H26F3N3O2/c1-4-13(3)17(26)25-7-5-15(6-8-25)23-18(27)24-16-10-12(2)9-14(11-16)19(20,21)22/h9-11,13,15H,4-8H2,1-3H3,(H2,23,24,27). The molecule has 1 atom stereocenters. The zero-order valence-electron chi connectivity index (χ0n) is 15.8. The highest BCUT2D eigenvalue weighted by Gasteiger charge is 2.31. The van der Waals surface area contributed by atoms with Crippen LogP contribution in [-0.4, -0.2) is 36.0 Å². The molecule has 0 bridgehead atoms. The van der Waals surface area contributed by atoms with Crippen LogP contribution in [-0.2, 0) is 11.0 Å². The molecule has 0 aromatic heterocycles. The van der Waals surface area contributed by atoms with E-state index < -0.39 is 17.8 Å². The second kappa shape index (κ2) is 8.63. The van der Waals surface area contributed by atoms with E-state index >= 15 is 0 Å². The molecule has 3 amide bonds. The van der Waals surface area contributed by atoms with Crippen molar-refractivity contribution in [3.63, 3.8) is 0 Å². The summed E-state index contributed by atoms with van der Waals surface area (Å²) < 4.78 is 38.6.